The van der Waals surface area contributed by atoms with Crippen LogP contribution in [-0.4, -0.2) is 63.0 Å². The molecule has 0 amide bonds. The van der Waals surface area contributed by atoms with Gasteiger partial charge in [0.1, 0.15) is 5.82 Å². The number of ether oxygens (including phenoxy) is 1. The predicted octanol–water partition coefficient (Wildman–Crippen LogP) is 3.46. The SMILES string of the molecule is CSCC1CN(C2CCC(c3nn(C)c(=O)[nH]3)CC2)C(Cc2ccc(Cl)cc2)CO1. The minimum absolute atomic E-state index is 0.122. The molecule has 164 valence electrons. The number of nitrogens with one attached hydrogen (secondary N) is 1. The Balaban J connectivity index is 1.43. The highest BCUT2D eigenvalue weighted by molar-refractivity contribution is 7.98. The average Bonchev–Trinajstić information content (AvgIpc) is 3.09. The summed E-state index contributed by atoms with van der Waals surface area (Å²) in [6, 6.07) is 9.15. The van der Waals surface area contributed by atoms with Crippen LogP contribution in [0.2, 0.25) is 5.02 Å². The van der Waals surface area contributed by atoms with Gasteiger partial charge in [-0.05, 0) is 56.1 Å². The number of rotatable bonds is 6. The van der Waals surface area contributed by atoms with Crippen molar-refractivity contribution in [2.75, 3.05) is 25.2 Å². The molecule has 0 bridgehead atoms. The van der Waals surface area contributed by atoms with E-state index in [-0.39, 0.29) is 5.69 Å². The number of benzene rings is 1. The van der Waals surface area contributed by atoms with E-state index < -0.39 is 0 Å². The van der Waals surface area contributed by atoms with Crippen molar-refractivity contribution >= 4 is 23.4 Å². The monoisotopic (exact) mass is 450 g/mol. The molecule has 1 N–H and O–H groups in total. The van der Waals surface area contributed by atoms with Crippen LogP contribution in [0, 0.1) is 0 Å². The molecule has 2 aliphatic rings. The molecule has 2 fully saturated rings. The topological polar surface area (TPSA) is 63.2 Å². The second-order valence-corrected chi connectivity index (χ2v) is 9.88. The zero-order valence-electron chi connectivity index (χ0n) is 17.7. The Bertz CT molecular complexity index is 876. The van der Waals surface area contributed by atoms with Gasteiger partial charge in [-0.15, -0.1) is 0 Å². The second-order valence-electron chi connectivity index (χ2n) is 8.54. The Hall–Kier alpha value is -1.28. The van der Waals surface area contributed by atoms with Gasteiger partial charge in [-0.3, -0.25) is 9.88 Å². The molecule has 6 nitrogen and oxygen atoms in total. The van der Waals surface area contributed by atoms with Crippen molar-refractivity contribution in [3.05, 3.63) is 51.2 Å². The van der Waals surface area contributed by atoms with E-state index in [1.165, 1.54) is 10.2 Å². The first kappa shape index (κ1) is 21.9. The van der Waals surface area contributed by atoms with Gasteiger partial charge >= 0.3 is 5.69 Å². The van der Waals surface area contributed by atoms with Gasteiger partial charge in [0.05, 0.1) is 12.7 Å². The van der Waals surface area contributed by atoms with Gasteiger partial charge in [0.15, 0.2) is 0 Å². The van der Waals surface area contributed by atoms with E-state index in [1.807, 2.05) is 23.9 Å². The summed E-state index contributed by atoms with van der Waals surface area (Å²) in [4.78, 5) is 17.4. The molecule has 0 radical (unpaired) electrons. The average molecular weight is 451 g/mol. The molecule has 1 aromatic heterocycles. The van der Waals surface area contributed by atoms with Crippen molar-refractivity contribution in [3.8, 4) is 0 Å². The fourth-order valence-corrected chi connectivity index (χ4v) is 5.57. The maximum Gasteiger partial charge on any atom is 0.343 e. The van der Waals surface area contributed by atoms with Gasteiger partial charge in [0.2, 0.25) is 0 Å². The summed E-state index contributed by atoms with van der Waals surface area (Å²) in [5.74, 6) is 2.24. The van der Waals surface area contributed by atoms with Crippen LogP contribution < -0.4 is 5.69 Å². The fourth-order valence-electron chi connectivity index (χ4n) is 4.87. The molecule has 1 aromatic carbocycles. The van der Waals surface area contributed by atoms with Crippen molar-refractivity contribution in [1.82, 2.24) is 19.7 Å². The third-order valence-electron chi connectivity index (χ3n) is 6.48. The number of H-pyrrole nitrogens is 1. The van der Waals surface area contributed by atoms with E-state index in [4.69, 9.17) is 16.3 Å². The van der Waals surface area contributed by atoms with Crippen LogP contribution in [0.1, 0.15) is 43.0 Å². The normalized spacial score (nSPS) is 28.0. The molecule has 0 spiro atoms. The zero-order valence-corrected chi connectivity index (χ0v) is 19.3. The number of hydrogen-bond donors (Lipinski definition) is 1. The van der Waals surface area contributed by atoms with Crippen LogP contribution in [0.3, 0.4) is 0 Å². The van der Waals surface area contributed by atoms with Crippen LogP contribution >= 0.6 is 23.4 Å². The minimum atomic E-state index is -0.122. The molecule has 1 aliphatic carbocycles. The van der Waals surface area contributed by atoms with Gasteiger partial charge in [-0.25, -0.2) is 9.48 Å². The zero-order chi connectivity index (χ0) is 21.1. The van der Waals surface area contributed by atoms with Gasteiger partial charge in [-0.2, -0.15) is 16.9 Å². The Morgan fingerprint density at radius 3 is 2.60 bits per heavy atom. The molecule has 2 heterocycles. The van der Waals surface area contributed by atoms with Crippen LogP contribution in [-0.2, 0) is 18.2 Å². The third-order valence-corrected chi connectivity index (χ3v) is 7.44. The number of hydrogen-bond acceptors (Lipinski definition) is 5. The lowest BCUT2D eigenvalue weighted by atomic mass is 9.83. The van der Waals surface area contributed by atoms with Gasteiger partial charge in [0, 0.05) is 42.4 Å². The fraction of sp³-hybridized carbons (Fsp3) is 0.636. The molecule has 2 atom stereocenters. The smallest absolute Gasteiger partial charge is 0.343 e. The third kappa shape index (κ3) is 5.13. The van der Waals surface area contributed by atoms with Crippen molar-refractivity contribution in [1.29, 1.82) is 0 Å². The van der Waals surface area contributed by atoms with E-state index in [2.05, 4.69) is 33.4 Å². The lowest BCUT2D eigenvalue weighted by molar-refractivity contribution is -0.0751. The van der Waals surface area contributed by atoms with Gasteiger partial charge < -0.3 is 4.74 Å². The number of thioether (sulfide) groups is 1. The summed E-state index contributed by atoms with van der Waals surface area (Å²) in [6.45, 7) is 1.77. The van der Waals surface area contributed by atoms with Gasteiger partial charge in [-0.1, -0.05) is 23.7 Å². The summed E-state index contributed by atoms with van der Waals surface area (Å²) in [5.41, 5.74) is 1.18. The molecular formula is C22H31ClN4O2S. The summed E-state index contributed by atoms with van der Waals surface area (Å²) < 4.78 is 7.61. The molecule has 1 aliphatic heterocycles. The maximum atomic E-state index is 11.7. The lowest BCUT2D eigenvalue weighted by Crippen LogP contribution is -2.56. The lowest BCUT2D eigenvalue weighted by Gasteiger charge is -2.46. The van der Waals surface area contributed by atoms with Crippen LogP contribution in [0.15, 0.2) is 29.1 Å². The standard InChI is InChI=1S/C22H31ClN4O2S/c1-26-22(28)24-21(25-26)16-5-9-18(10-6-16)27-12-20(14-30-2)29-13-19(27)11-15-3-7-17(23)8-4-15/h3-4,7-8,16,18-20H,5-6,9-14H2,1-2H3,(H,24,25,28). The summed E-state index contributed by atoms with van der Waals surface area (Å²) in [5, 5.41) is 5.17. The second kappa shape index (κ2) is 9.90. The number of nitrogens with zero attached hydrogens (tertiary/aromatic N) is 3. The quantitative estimate of drug-likeness (QED) is 0.730. The van der Waals surface area contributed by atoms with Crippen molar-refractivity contribution in [3.63, 3.8) is 0 Å². The van der Waals surface area contributed by atoms with Gasteiger partial charge in [0.25, 0.3) is 0 Å². The molecule has 1 saturated carbocycles. The summed E-state index contributed by atoms with van der Waals surface area (Å²) in [6.07, 6.45) is 7.82. The number of halogens is 1. The molecule has 1 saturated heterocycles. The summed E-state index contributed by atoms with van der Waals surface area (Å²) in [7, 11) is 1.70. The Morgan fingerprint density at radius 2 is 1.97 bits per heavy atom. The molecule has 30 heavy (non-hydrogen) atoms. The summed E-state index contributed by atoms with van der Waals surface area (Å²) >= 11 is 7.92. The Labute approximate surface area is 187 Å². The Kier molecular flexibility index (Phi) is 7.24. The van der Waals surface area contributed by atoms with E-state index in [9.17, 15) is 4.79 Å². The van der Waals surface area contributed by atoms with E-state index in [1.54, 1.807) is 7.05 Å². The van der Waals surface area contributed by atoms with Crippen molar-refractivity contribution < 1.29 is 4.74 Å². The van der Waals surface area contributed by atoms with Crippen LogP contribution in [0.25, 0.3) is 0 Å². The highest BCUT2D eigenvalue weighted by atomic mass is 35.5. The highest BCUT2D eigenvalue weighted by Gasteiger charge is 2.36. The van der Waals surface area contributed by atoms with E-state index in [0.717, 1.165) is 61.9 Å². The van der Waals surface area contributed by atoms with Crippen LogP contribution in [0.5, 0.6) is 0 Å². The first-order valence-corrected chi connectivity index (χ1v) is 12.5. The first-order chi connectivity index (χ1) is 14.5. The van der Waals surface area contributed by atoms with Crippen molar-refractivity contribution in [2.45, 2.75) is 56.2 Å². The molecule has 4 rings (SSSR count). The predicted molar refractivity (Wildman–Crippen MR) is 123 cm³/mol. The minimum Gasteiger partial charge on any atom is -0.374 e. The van der Waals surface area contributed by atoms with E-state index >= 15 is 0 Å². The molecule has 2 aromatic rings. The highest BCUT2D eigenvalue weighted by Crippen LogP contribution is 2.35. The number of aryl methyl sites for hydroxylation is 1. The van der Waals surface area contributed by atoms with E-state index in [0.29, 0.717) is 24.1 Å². The number of morpholine rings is 1. The largest absolute Gasteiger partial charge is 0.374 e. The first-order valence-electron chi connectivity index (χ1n) is 10.8. The van der Waals surface area contributed by atoms with Crippen LogP contribution in [0.4, 0.5) is 0 Å². The Morgan fingerprint density at radius 1 is 1.23 bits per heavy atom. The molecule has 2 unspecified atom stereocenters. The van der Waals surface area contributed by atoms with Crippen molar-refractivity contribution in [2.24, 2.45) is 7.05 Å². The maximum absolute atomic E-state index is 11.7. The number of aromatic nitrogens is 3. The molecule has 8 heteroatoms. The molecular weight excluding hydrogens is 420 g/mol. The number of aromatic amines is 1.